The van der Waals surface area contributed by atoms with Crippen LogP contribution in [0.4, 0.5) is 0 Å². The normalized spacial score (nSPS) is 47.6. The Morgan fingerprint density at radius 3 is 2.11 bits per heavy atom. The number of carbonyl (C=O) groups is 2. The Hall–Kier alpha value is -1.06. The summed E-state index contributed by atoms with van der Waals surface area (Å²) < 4.78 is 11.6. The van der Waals surface area contributed by atoms with E-state index in [1.807, 2.05) is 0 Å². The van der Waals surface area contributed by atoms with Crippen molar-refractivity contribution in [3.05, 3.63) is 0 Å². The standard InChI is InChI=1S/C32H54O4/c1-10-15-32(20-35-22(3)33)19-18-30(8)24(21(32)2)11-12-26-29(7)16-14-27(36-23(4)34)28(5,6)25(29)13-17-31(26,30)9/h21,24-27H,10-20H2,1-9H3/t21?,24?,25?,26?,27?,29?,30-,31?,32?/m1/s1. The van der Waals surface area contributed by atoms with E-state index in [0.29, 0.717) is 46.5 Å². The second-order valence-electron chi connectivity index (χ2n) is 14.8. The van der Waals surface area contributed by atoms with Crippen molar-refractivity contribution in [2.24, 2.45) is 50.7 Å². The molecule has 0 bridgehead atoms. The van der Waals surface area contributed by atoms with Crippen LogP contribution in [0.1, 0.15) is 127 Å². The third-order valence-corrected chi connectivity index (χ3v) is 13.2. The molecule has 0 N–H and O–H groups in total. The molecule has 36 heavy (non-hydrogen) atoms. The van der Waals surface area contributed by atoms with Crippen LogP contribution in [0.5, 0.6) is 0 Å². The van der Waals surface area contributed by atoms with Gasteiger partial charge in [-0.05, 0) is 97.7 Å². The van der Waals surface area contributed by atoms with Crippen LogP contribution in [-0.4, -0.2) is 24.6 Å². The highest BCUT2D eigenvalue weighted by Gasteiger charge is 2.69. The van der Waals surface area contributed by atoms with Crippen LogP contribution < -0.4 is 0 Å². The second kappa shape index (κ2) is 9.30. The number of carbonyl (C=O) groups excluding carboxylic acids is 2. The molecule has 0 aromatic heterocycles. The Bertz CT molecular complexity index is 864. The number of fused-ring (bicyclic) bond motifs is 5. The fourth-order valence-electron chi connectivity index (χ4n) is 11.2. The number of ether oxygens (including phenoxy) is 2. The summed E-state index contributed by atoms with van der Waals surface area (Å²) in [6.45, 7) is 21.1. The minimum atomic E-state index is -0.139. The molecule has 4 rings (SSSR count). The van der Waals surface area contributed by atoms with Gasteiger partial charge in [-0.15, -0.1) is 0 Å². The average molecular weight is 503 g/mol. The van der Waals surface area contributed by atoms with Crippen molar-refractivity contribution in [3.8, 4) is 0 Å². The van der Waals surface area contributed by atoms with Gasteiger partial charge in [-0.25, -0.2) is 0 Å². The number of rotatable bonds is 5. The van der Waals surface area contributed by atoms with Crippen molar-refractivity contribution in [2.75, 3.05) is 6.61 Å². The number of hydrogen-bond acceptors (Lipinski definition) is 4. The van der Waals surface area contributed by atoms with Crippen LogP contribution in [0, 0.1) is 50.7 Å². The molecular weight excluding hydrogens is 448 g/mol. The minimum absolute atomic E-state index is 0.0118. The molecule has 0 saturated heterocycles. The molecule has 206 valence electrons. The van der Waals surface area contributed by atoms with Crippen LogP contribution in [0.2, 0.25) is 0 Å². The first-order valence-corrected chi connectivity index (χ1v) is 15.0. The molecule has 4 heteroatoms. The van der Waals surface area contributed by atoms with Gasteiger partial charge in [-0.3, -0.25) is 9.59 Å². The lowest BCUT2D eigenvalue weighted by atomic mass is 9.32. The molecule has 0 amide bonds. The Morgan fingerprint density at radius 1 is 0.806 bits per heavy atom. The van der Waals surface area contributed by atoms with Gasteiger partial charge < -0.3 is 9.47 Å². The smallest absolute Gasteiger partial charge is 0.302 e. The summed E-state index contributed by atoms with van der Waals surface area (Å²) >= 11 is 0. The molecule has 4 fully saturated rings. The lowest BCUT2D eigenvalue weighted by Gasteiger charge is -2.73. The number of esters is 2. The quantitative estimate of drug-likeness (QED) is 0.358. The zero-order valence-corrected chi connectivity index (χ0v) is 24.8. The molecule has 4 saturated carbocycles. The first kappa shape index (κ1) is 28.0. The van der Waals surface area contributed by atoms with Crippen molar-refractivity contribution < 1.29 is 19.1 Å². The van der Waals surface area contributed by atoms with Gasteiger partial charge in [0.2, 0.25) is 0 Å². The third-order valence-electron chi connectivity index (χ3n) is 13.2. The largest absolute Gasteiger partial charge is 0.465 e. The summed E-state index contributed by atoms with van der Waals surface area (Å²) in [7, 11) is 0. The first-order chi connectivity index (χ1) is 16.7. The molecule has 8 unspecified atom stereocenters. The summed E-state index contributed by atoms with van der Waals surface area (Å²) in [4.78, 5) is 23.7. The summed E-state index contributed by atoms with van der Waals surface area (Å²) in [5.41, 5.74) is 1.06. The predicted octanol–water partition coefficient (Wildman–Crippen LogP) is 7.97. The molecule has 0 spiro atoms. The minimum Gasteiger partial charge on any atom is -0.465 e. The Morgan fingerprint density at radius 2 is 1.50 bits per heavy atom. The molecule has 4 aliphatic rings. The zero-order valence-electron chi connectivity index (χ0n) is 24.8. The van der Waals surface area contributed by atoms with Crippen LogP contribution >= 0.6 is 0 Å². The Kier molecular flexibility index (Phi) is 7.22. The van der Waals surface area contributed by atoms with E-state index >= 15 is 0 Å². The van der Waals surface area contributed by atoms with Gasteiger partial charge in [-0.2, -0.15) is 0 Å². The van der Waals surface area contributed by atoms with Gasteiger partial charge in [0.05, 0.1) is 6.61 Å². The fourth-order valence-corrected chi connectivity index (χ4v) is 11.2. The van der Waals surface area contributed by atoms with E-state index < -0.39 is 0 Å². The Balaban J connectivity index is 1.64. The second-order valence-corrected chi connectivity index (χ2v) is 14.8. The van der Waals surface area contributed by atoms with Gasteiger partial charge >= 0.3 is 11.9 Å². The zero-order chi connectivity index (χ0) is 26.7. The van der Waals surface area contributed by atoms with E-state index in [-0.39, 0.29) is 28.9 Å². The maximum atomic E-state index is 11.9. The summed E-state index contributed by atoms with van der Waals surface area (Å²) in [5.74, 6) is 2.27. The lowest BCUT2D eigenvalue weighted by molar-refractivity contribution is -0.251. The van der Waals surface area contributed by atoms with Crippen molar-refractivity contribution in [2.45, 2.75) is 133 Å². The molecular formula is C32H54O4. The highest BCUT2D eigenvalue weighted by molar-refractivity contribution is 5.66. The van der Waals surface area contributed by atoms with Gasteiger partial charge in [0.25, 0.3) is 0 Å². The van der Waals surface area contributed by atoms with Crippen molar-refractivity contribution >= 4 is 11.9 Å². The SMILES string of the molecule is CCCC1(COC(C)=O)CC[C@]2(C)C(CCC3C4(C)CCC(OC(C)=O)C(C)(C)C4CCC32C)C1C. The van der Waals surface area contributed by atoms with Crippen molar-refractivity contribution in [1.82, 2.24) is 0 Å². The van der Waals surface area contributed by atoms with Gasteiger partial charge in [0.1, 0.15) is 6.10 Å². The van der Waals surface area contributed by atoms with Crippen LogP contribution in [0.15, 0.2) is 0 Å². The van der Waals surface area contributed by atoms with E-state index in [9.17, 15) is 9.59 Å². The van der Waals surface area contributed by atoms with E-state index in [2.05, 4.69) is 48.5 Å². The van der Waals surface area contributed by atoms with E-state index in [1.54, 1.807) is 13.8 Å². The maximum Gasteiger partial charge on any atom is 0.302 e. The maximum absolute atomic E-state index is 11.9. The average Bonchev–Trinajstić information content (AvgIpc) is 2.78. The molecule has 4 nitrogen and oxygen atoms in total. The van der Waals surface area contributed by atoms with Crippen LogP contribution in [-0.2, 0) is 19.1 Å². The highest BCUT2D eigenvalue weighted by Crippen LogP contribution is 2.75. The molecule has 0 aliphatic heterocycles. The highest BCUT2D eigenvalue weighted by atomic mass is 16.5. The van der Waals surface area contributed by atoms with Crippen molar-refractivity contribution in [3.63, 3.8) is 0 Å². The summed E-state index contributed by atoms with van der Waals surface area (Å²) in [6, 6.07) is 0. The van der Waals surface area contributed by atoms with E-state index in [0.717, 1.165) is 19.3 Å². The molecule has 0 heterocycles. The first-order valence-electron chi connectivity index (χ1n) is 15.0. The third kappa shape index (κ3) is 3.98. The van der Waals surface area contributed by atoms with Gasteiger partial charge in [0, 0.05) is 24.7 Å². The molecule has 4 aliphatic carbocycles. The van der Waals surface area contributed by atoms with Crippen LogP contribution in [0.25, 0.3) is 0 Å². The molecule has 0 aromatic carbocycles. The fraction of sp³-hybridized carbons (Fsp3) is 0.938. The predicted molar refractivity (Wildman–Crippen MR) is 144 cm³/mol. The van der Waals surface area contributed by atoms with E-state index in [4.69, 9.17) is 9.47 Å². The summed E-state index contributed by atoms with van der Waals surface area (Å²) in [6.07, 6.45) is 12.0. The molecule has 0 radical (unpaired) electrons. The van der Waals surface area contributed by atoms with Gasteiger partial charge in [-0.1, -0.05) is 54.9 Å². The van der Waals surface area contributed by atoms with E-state index in [1.165, 1.54) is 44.9 Å². The number of hydrogen-bond donors (Lipinski definition) is 0. The van der Waals surface area contributed by atoms with Crippen LogP contribution in [0.3, 0.4) is 0 Å². The van der Waals surface area contributed by atoms with Crippen molar-refractivity contribution in [1.29, 1.82) is 0 Å². The lowest BCUT2D eigenvalue weighted by Crippen LogP contribution is -2.66. The monoisotopic (exact) mass is 502 g/mol. The van der Waals surface area contributed by atoms with Gasteiger partial charge in [0.15, 0.2) is 0 Å². The molecule has 0 aromatic rings. The Labute approximate surface area is 221 Å². The summed E-state index contributed by atoms with van der Waals surface area (Å²) in [5, 5.41) is 0. The topological polar surface area (TPSA) is 52.6 Å². The molecule has 9 atom stereocenters.